The molecule has 0 bridgehead atoms. The maximum Gasteiger partial charge on any atom is 0.317 e. The molecule has 6 rings (SSSR count). The highest BCUT2D eigenvalue weighted by Crippen LogP contribution is 2.31. The molecule has 30 nitrogen and oxygen atoms in total. The molecule has 3 aromatic rings. The van der Waals surface area contributed by atoms with Crippen molar-refractivity contribution in [3.63, 3.8) is 0 Å². The molecule has 3 saturated heterocycles. The number of nitrogens with one attached hydrogen (secondary N) is 5. The zero-order valence-electron chi connectivity index (χ0n) is 55.6. The highest BCUT2D eigenvalue weighted by molar-refractivity contribution is 8.76. The lowest BCUT2D eigenvalue weighted by atomic mass is 9.87. The Hall–Kier alpha value is -7.85. The molecule has 3 aliphatic rings. The number of fused-ring (bicyclic) bond motifs is 1. The van der Waals surface area contributed by atoms with E-state index in [1.165, 1.54) is 30.7 Å². The maximum absolute atomic E-state index is 15.3. The molecule has 1 aromatic heterocycles. The van der Waals surface area contributed by atoms with Gasteiger partial charge < -0.3 is 61.8 Å². The Morgan fingerprint density at radius 3 is 1.83 bits per heavy atom. The van der Waals surface area contributed by atoms with E-state index in [0.717, 1.165) is 26.5 Å². The van der Waals surface area contributed by atoms with Crippen molar-refractivity contribution in [3.8, 4) is 5.75 Å². The summed E-state index contributed by atoms with van der Waals surface area (Å²) in [5.74, 6) is -16.2. The van der Waals surface area contributed by atoms with Crippen LogP contribution in [0.1, 0.15) is 82.5 Å². The molecule has 0 aliphatic carbocycles. The predicted molar refractivity (Wildman–Crippen MR) is 363 cm³/mol. The van der Waals surface area contributed by atoms with E-state index in [-0.39, 0.29) is 132 Å². The summed E-state index contributed by atoms with van der Waals surface area (Å²) in [5, 5.41) is 71.6. The Kier molecular flexibility index (Phi) is 32.2. The van der Waals surface area contributed by atoms with E-state index in [1.54, 1.807) is 70.7 Å². The van der Waals surface area contributed by atoms with Crippen LogP contribution < -0.4 is 21.3 Å². The van der Waals surface area contributed by atoms with Gasteiger partial charge in [0.1, 0.15) is 11.8 Å². The lowest BCUT2D eigenvalue weighted by Gasteiger charge is -2.33. The number of imidazole rings is 1. The topological polar surface area (TPSA) is 436 Å². The number of carbonyl (C=O) groups is 13. The van der Waals surface area contributed by atoms with Crippen molar-refractivity contribution < 1.29 is 93.0 Å². The smallest absolute Gasteiger partial charge is 0.317 e. The lowest BCUT2D eigenvalue weighted by molar-refractivity contribution is -0.142. The van der Waals surface area contributed by atoms with Gasteiger partial charge in [0.25, 0.3) is 0 Å². The first-order valence-electron chi connectivity index (χ1n) is 32.8. The number of amides is 5. The number of ketones is 4. The van der Waals surface area contributed by atoms with Crippen LogP contribution in [0.3, 0.4) is 0 Å². The third kappa shape index (κ3) is 27.0. The van der Waals surface area contributed by atoms with E-state index in [9.17, 15) is 78.6 Å². The number of aliphatic hydroxyl groups is 1. The number of aromatic amines is 1. The van der Waals surface area contributed by atoms with Gasteiger partial charge in [-0.05, 0) is 48.4 Å². The molecule has 4 heterocycles. The van der Waals surface area contributed by atoms with Crippen LogP contribution in [-0.4, -0.2) is 275 Å². The van der Waals surface area contributed by atoms with Gasteiger partial charge in [0.2, 0.25) is 29.5 Å². The van der Waals surface area contributed by atoms with E-state index < -0.39 is 176 Å². The molecule has 99 heavy (non-hydrogen) atoms. The third-order valence-corrected chi connectivity index (χ3v) is 20.1. The second-order valence-electron chi connectivity index (χ2n) is 25.7. The van der Waals surface area contributed by atoms with Gasteiger partial charge in [-0.1, -0.05) is 90.4 Å². The third-order valence-electron chi connectivity index (χ3n) is 17.3. The number of H-pyrrole nitrogens is 1. The molecule has 542 valence electrons. The Labute approximate surface area is 585 Å². The Morgan fingerprint density at radius 1 is 0.707 bits per heavy atom. The van der Waals surface area contributed by atoms with Gasteiger partial charge in [0.05, 0.1) is 80.1 Å². The van der Waals surface area contributed by atoms with Crippen molar-refractivity contribution >= 4 is 110 Å². The zero-order valence-corrected chi connectivity index (χ0v) is 58.0. The van der Waals surface area contributed by atoms with E-state index >= 15 is 14.4 Å². The number of aliphatic carboxylic acids is 4. The molecule has 11 N–H and O–H groups in total. The average Bonchev–Trinajstić information content (AvgIpc) is 1.67. The van der Waals surface area contributed by atoms with Gasteiger partial charge in [-0.2, -0.15) is 0 Å². The number of aliphatic hydroxyl groups excluding tert-OH is 1. The van der Waals surface area contributed by atoms with Crippen LogP contribution in [0, 0.1) is 23.7 Å². The standard InChI is InChI=1S/C66H90ClN11O19S2/c1-4-53(80)50-36-98-99-37-51(66(97)78-31-46(79)28-52(78)57(84)27-43(21-41-10-11-54(81)47(67)22-41)64(95)71-49(29-59(86)87)56(83)25-42(20-39(2)3)63(94)72-50)73-65(96)44(24-45-30-68-38-69-45)26-55(82)48(23-40-8-6-5-7-9-40)70-58(85)32-74-12-14-75(33-60(88)89)16-18-77(35-62(92)93)19-17-76(15-13-74)34-61(90)91/h5-11,22,30,38-39,42-44,46,48-52,79,81H,4,12-21,23-29,31-37H2,1-3H3,(H,68,69)(H,70,85)(H,71,95)(H,72,94)(H,73,96)(H,86,87)(H,88,89)(H,90,91)(H,92,93)/t42-,43-,44-,46-,48+,49+,50+,51+,52+/m1/s1. The number of aromatic nitrogens is 2. The number of carboxylic acid groups (broad SMARTS) is 4. The molecule has 0 unspecified atom stereocenters. The van der Waals surface area contributed by atoms with Gasteiger partial charge in [-0.15, -0.1) is 0 Å². The number of hydrogen-bond donors (Lipinski definition) is 11. The molecular weight excluding hydrogens is 1350 g/mol. The normalized spacial score (nSPS) is 22.9. The van der Waals surface area contributed by atoms with Crippen molar-refractivity contribution in [3.05, 3.63) is 82.9 Å². The first-order chi connectivity index (χ1) is 47.0. The summed E-state index contributed by atoms with van der Waals surface area (Å²) >= 11 is 6.27. The van der Waals surface area contributed by atoms with Crippen LogP contribution in [0.15, 0.2) is 61.1 Å². The minimum atomic E-state index is -1.71. The number of hydrogen-bond acceptors (Lipinski definition) is 22. The lowest BCUT2D eigenvalue weighted by Crippen LogP contribution is -2.55. The maximum atomic E-state index is 15.3. The zero-order chi connectivity index (χ0) is 72.5. The molecule has 5 amide bonds. The van der Waals surface area contributed by atoms with E-state index in [1.807, 2.05) is 0 Å². The summed E-state index contributed by atoms with van der Waals surface area (Å²) in [6, 6.07) is 5.56. The predicted octanol–water partition coefficient (Wildman–Crippen LogP) is 0.794. The van der Waals surface area contributed by atoms with Gasteiger partial charge in [0, 0.05) is 133 Å². The SMILES string of the molecule is CCC(=O)[C@@H]1CSSC[C@H](NC(=O)[C@@H](CC(=O)[C@H](Cc2ccccc2)NC(=O)CN2CCN(CC(=O)O)CCN(CC(=O)O)CCN(CC(=O)O)CC2)Cc2cnc[nH]2)C(=O)N2C[C@H](O)C[C@H]2C(=O)C[C@@H](Cc2ccc(O)c(Cl)c2)C(=O)N[C@@H](CC(=O)O)C(=O)C[C@@H](CC(C)C)C(=O)N1. The quantitative estimate of drug-likeness (QED) is 0.0495. The van der Waals surface area contributed by atoms with Gasteiger partial charge in [-0.25, -0.2) is 4.98 Å². The fraction of sp³-hybridized carbons (Fsp3) is 0.576. The molecule has 0 saturated carbocycles. The fourth-order valence-electron chi connectivity index (χ4n) is 12.2. The van der Waals surface area contributed by atoms with Crippen LogP contribution in [0.5, 0.6) is 5.75 Å². The van der Waals surface area contributed by atoms with Crippen molar-refractivity contribution in [2.75, 3.05) is 96.6 Å². The number of phenolic OH excluding ortho intramolecular Hbond substituents is 1. The van der Waals surface area contributed by atoms with Crippen LogP contribution >= 0.6 is 33.2 Å². The number of aromatic hydroxyl groups is 1. The highest BCUT2D eigenvalue weighted by atomic mass is 35.5. The van der Waals surface area contributed by atoms with E-state index in [0.29, 0.717) is 16.8 Å². The summed E-state index contributed by atoms with van der Waals surface area (Å²) < 4.78 is 0. The first-order valence-corrected chi connectivity index (χ1v) is 35.7. The summed E-state index contributed by atoms with van der Waals surface area (Å²) in [4.78, 5) is 194. The van der Waals surface area contributed by atoms with Gasteiger partial charge in [-0.3, -0.25) is 81.9 Å². The van der Waals surface area contributed by atoms with E-state index in [2.05, 4.69) is 31.2 Å². The monoisotopic (exact) mass is 1440 g/mol. The van der Waals surface area contributed by atoms with E-state index in [4.69, 9.17) is 11.6 Å². The molecule has 0 spiro atoms. The summed E-state index contributed by atoms with van der Waals surface area (Å²) in [7, 11) is 2.07. The second kappa shape index (κ2) is 39.8. The van der Waals surface area contributed by atoms with Crippen LogP contribution in [0.25, 0.3) is 0 Å². The summed E-state index contributed by atoms with van der Waals surface area (Å²) in [6.07, 6.45) is -1.97. The average molecular weight is 1440 g/mol. The van der Waals surface area contributed by atoms with Crippen molar-refractivity contribution in [2.45, 2.75) is 121 Å². The second-order valence-corrected chi connectivity index (χ2v) is 28.6. The molecule has 3 fully saturated rings. The first kappa shape index (κ1) is 80.1. The van der Waals surface area contributed by atoms with Gasteiger partial charge >= 0.3 is 23.9 Å². The van der Waals surface area contributed by atoms with Gasteiger partial charge in [0.15, 0.2) is 23.1 Å². The van der Waals surface area contributed by atoms with Crippen molar-refractivity contribution in [2.24, 2.45) is 23.7 Å². The highest BCUT2D eigenvalue weighted by Gasteiger charge is 2.44. The number of benzene rings is 2. The number of halogens is 1. The van der Waals surface area contributed by atoms with Crippen LogP contribution in [-0.2, 0) is 81.6 Å². The number of Topliss-reactive ketones (excluding diaryl/α,β-unsaturated/α-hetero) is 4. The minimum absolute atomic E-state index is 0.0358. The van der Waals surface area contributed by atoms with Crippen molar-refractivity contribution in [1.29, 1.82) is 0 Å². The molecular formula is C66H90ClN11O19S2. The Balaban J connectivity index is 1.33. The summed E-state index contributed by atoms with van der Waals surface area (Å²) in [5.41, 5.74) is 1.34. The Bertz CT molecular complexity index is 3280. The number of carbonyl (C=O) groups excluding carboxylic acids is 9. The number of nitrogens with zero attached hydrogens (tertiary/aromatic N) is 6. The minimum Gasteiger partial charge on any atom is -0.506 e. The largest absolute Gasteiger partial charge is 0.506 e. The van der Waals surface area contributed by atoms with Crippen LogP contribution in [0.2, 0.25) is 5.02 Å². The van der Waals surface area contributed by atoms with Crippen LogP contribution in [0.4, 0.5) is 0 Å². The van der Waals surface area contributed by atoms with Crippen molar-refractivity contribution in [1.82, 2.24) is 55.7 Å². The molecule has 2 aromatic carbocycles. The fourth-order valence-corrected chi connectivity index (χ4v) is 14.7. The Morgan fingerprint density at radius 2 is 1.28 bits per heavy atom. The molecule has 3 aliphatic heterocycles. The number of carboxylic acids is 4. The molecule has 9 atom stereocenters. The number of phenols is 1. The number of rotatable bonds is 26. The molecule has 0 radical (unpaired) electrons. The summed E-state index contributed by atoms with van der Waals surface area (Å²) in [6.45, 7) is 4.13. The molecule has 33 heteroatoms.